The third-order valence-corrected chi connectivity index (χ3v) is 1.89. The second-order valence-corrected chi connectivity index (χ2v) is 3.13. The minimum atomic E-state index is -0.645. The Labute approximate surface area is 99.3 Å². The highest BCUT2D eigenvalue weighted by atomic mass is 16.6. The Morgan fingerprint density at radius 2 is 1.65 bits per heavy atom. The molecule has 92 valence electrons. The van der Waals surface area contributed by atoms with Gasteiger partial charge in [-0.2, -0.15) is 0 Å². The molecule has 0 radical (unpaired) electrons. The van der Waals surface area contributed by atoms with E-state index in [-0.39, 0.29) is 13.0 Å². The lowest BCUT2D eigenvalue weighted by atomic mass is 10.3. The predicted molar refractivity (Wildman–Crippen MR) is 59.9 cm³/mol. The SMILES string of the molecule is CCOC(=O)CC(=O)Oc1ccc(OC)cc1. The van der Waals surface area contributed by atoms with Gasteiger partial charge in [-0.1, -0.05) is 0 Å². The van der Waals surface area contributed by atoms with Gasteiger partial charge < -0.3 is 14.2 Å². The number of benzene rings is 1. The average molecular weight is 238 g/mol. The summed E-state index contributed by atoms with van der Waals surface area (Å²) in [5.41, 5.74) is 0. The first-order chi connectivity index (χ1) is 8.15. The minimum absolute atomic E-state index is 0.245. The molecule has 0 N–H and O–H groups in total. The highest BCUT2D eigenvalue weighted by molar-refractivity contribution is 5.92. The number of rotatable bonds is 5. The number of hydrogen-bond donors (Lipinski definition) is 0. The third-order valence-electron chi connectivity index (χ3n) is 1.89. The van der Waals surface area contributed by atoms with Crippen molar-refractivity contribution in [3.8, 4) is 11.5 Å². The molecule has 5 heteroatoms. The summed E-state index contributed by atoms with van der Waals surface area (Å²) in [5.74, 6) is -0.213. The number of ether oxygens (including phenoxy) is 3. The molecule has 0 saturated heterocycles. The average Bonchev–Trinajstić information content (AvgIpc) is 2.30. The molecule has 0 fully saturated rings. The number of hydrogen-bond acceptors (Lipinski definition) is 5. The number of esters is 2. The summed E-state index contributed by atoms with van der Waals surface area (Å²) in [7, 11) is 1.54. The lowest BCUT2D eigenvalue weighted by Gasteiger charge is -2.05. The molecule has 0 saturated carbocycles. The zero-order chi connectivity index (χ0) is 12.7. The van der Waals surface area contributed by atoms with Crippen molar-refractivity contribution < 1.29 is 23.8 Å². The van der Waals surface area contributed by atoms with Gasteiger partial charge in [0, 0.05) is 0 Å². The molecule has 1 rings (SSSR count). The van der Waals surface area contributed by atoms with Crippen LogP contribution in [-0.2, 0) is 14.3 Å². The van der Waals surface area contributed by atoms with Crippen molar-refractivity contribution in [1.82, 2.24) is 0 Å². The Balaban J connectivity index is 2.47. The molecule has 0 aromatic heterocycles. The summed E-state index contributed by atoms with van der Waals surface area (Å²) in [5, 5.41) is 0. The molecule has 5 nitrogen and oxygen atoms in total. The molecular weight excluding hydrogens is 224 g/mol. The van der Waals surface area contributed by atoms with Crippen molar-refractivity contribution >= 4 is 11.9 Å². The van der Waals surface area contributed by atoms with E-state index in [1.54, 1.807) is 38.3 Å². The smallest absolute Gasteiger partial charge is 0.322 e. The van der Waals surface area contributed by atoms with Crippen LogP contribution in [0.2, 0.25) is 0 Å². The van der Waals surface area contributed by atoms with Crippen molar-refractivity contribution in [2.45, 2.75) is 13.3 Å². The van der Waals surface area contributed by atoms with Gasteiger partial charge in [0.1, 0.15) is 17.9 Å². The van der Waals surface area contributed by atoms with Crippen LogP contribution in [0.25, 0.3) is 0 Å². The summed E-state index contributed by atoms with van der Waals surface area (Å²) >= 11 is 0. The Hall–Kier alpha value is -2.04. The maximum atomic E-state index is 11.3. The summed E-state index contributed by atoms with van der Waals surface area (Å²) in [6, 6.07) is 6.49. The van der Waals surface area contributed by atoms with Gasteiger partial charge in [-0.3, -0.25) is 9.59 Å². The molecular formula is C12H14O5. The van der Waals surface area contributed by atoms with Gasteiger partial charge in [-0.05, 0) is 31.2 Å². The fourth-order valence-corrected chi connectivity index (χ4v) is 1.14. The van der Waals surface area contributed by atoms with Crippen LogP contribution >= 0.6 is 0 Å². The van der Waals surface area contributed by atoms with Crippen LogP contribution in [0.4, 0.5) is 0 Å². The van der Waals surface area contributed by atoms with Crippen LogP contribution in [0.3, 0.4) is 0 Å². The lowest BCUT2D eigenvalue weighted by Crippen LogP contribution is -2.15. The summed E-state index contributed by atoms with van der Waals surface area (Å²) in [6.45, 7) is 1.92. The van der Waals surface area contributed by atoms with Gasteiger partial charge in [-0.25, -0.2) is 0 Å². The van der Waals surface area contributed by atoms with Crippen LogP contribution < -0.4 is 9.47 Å². The zero-order valence-corrected chi connectivity index (χ0v) is 9.76. The first-order valence-electron chi connectivity index (χ1n) is 5.16. The monoisotopic (exact) mass is 238 g/mol. The van der Waals surface area contributed by atoms with E-state index in [2.05, 4.69) is 4.74 Å². The quantitative estimate of drug-likeness (QED) is 0.442. The predicted octanol–water partition coefficient (Wildman–Crippen LogP) is 1.55. The van der Waals surface area contributed by atoms with Gasteiger partial charge in [0.25, 0.3) is 0 Å². The van der Waals surface area contributed by atoms with E-state index < -0.39 is 11.9 Å². The Kier molecular flexibility index (Phi) is 5.00. The molecule has 0 aliphatic carbocycles. The lowest BCUT2D eigenvalue weighted by molar-refractivity contribution is -0.149. The van der Waals surface area contributed by atoms with Gasteiger partial charge in [0.2, 0.25) is 0 Å². The maximum absolute atomic E-state index is 11.3. The second kappa shape index (κ2) is 6.52. The first kappa shape index (κ1) is 13.0. The first-order valence-corrected chi connectivity index (χ1v) is 5.16. The Morgan fingerprint density at radius 3 is 2.18 bits per heavy atom. The van der Waals surface area contributed by atoms with Crippen molar-refractivity contribution in [2.24, 2.45) is 0 Å². The molecule has 0 aliphatic heterocycles. The molecule has 0 aliphatic rings. The van der Waals surface area contributed by atoms with Gasteiger partial charge in [0.15, 0.2) is 0 Å². The summed E-state index contributed by atoms with van der Waals surface area (Å²) < 4.78 is 14.5. The molecule has 0 atom stereocenters. The summed E-state index contributed by atoms with van der Waals surface area (Å²) in [6.07, 6.45) is -0.389. The minimum Gasteiger partial charge on any atom is -0.497 e. The van der Waals surface area contributed by atoms with E-state index in [1.807, 2.05) is 0 Å². The highest BCUT2D eigenvalue weighted by Gasteiger charge is 2.12. The zero-order valence-electron chi connectivity index (χ0n) is 9.76. The summed E-state index contributed by atoms with van der Waals surface area (Å²) in [4.78, 5) is 22.3. The van der Waals surface area contributed by atoms with Crippen molar-refractivity contribution in [3.05, 3.63) is 24.3 Å². The Morgan fingerprint density at radius 1 is 1.06 bits per heavy atom. The normalized spacial score (nSPS) is 9.53. The Bertz CT molecular complexity index is 382. The largest absolute Gasteiger partial charge is 0.497 e. The van der Waals surface area contributed by atoms with E-state index in [1.165, 1.54) is 0 Å². The van der Waals surface area contributed by atoms with E-state index in [0.717, 1.165) is 0 Å². The van der Waals surface area contributed by atoms with Crippen molar-refractivity contribution in [3.63, 3.8) is 0 Å². The molecule has 1 aromatic carbocycles. The van der Waals surface area contributed by atoms with Crippen molar-refractivity contribution in [1.29, 1.82) is 0 Å². The molecule has 0 heterocycles. The maximum Gasteiger partial charge on any atom is 0.322 e. The topological polar surface area (TPSA) is 61.8 Å². The molecule has 0 bridgehead atoms. The fourth-order valence-electron chi connectivity index (χ4n) is 1.14. The second-order valence-electron chi connectivity index (χ2n) is 3.13. The molecule has 0 spiro atoms. The molecule has 1 aromatic rings. The third kappa shape index (κ3) is 4.55. The van der Waals surface area contributed by atoms with Gasteiger partial charge in [0.05, 0.1) is 13.7 Å². The van der Waals surface area contributed by atoms with Crippen LogP contribution in [0.5, 0.6) is 11.5 Å². The van der Waals surface area contributed by atoms with Crippen LogP contribution in [-0.4, -0.2) is 25.7 Å². The van der Waals surface area contributed by atoms with Crippen molar-refractivity contribution in [2.75, 3.05) is 13.7 Å². The highest BCUT2D eigenvalue weighted by Crippen LogP contribution is 2.17. The number of methoxy groups -OCH3 is 1. The molecule has 17 heavy (non-hydrogen) atoms. The molecule has 0 amide bonds. The van der Waals surface area contributed by atoms with Gasteiger partial charge >= 0.3 is 11.9 Å². The van der Waals surface area contributed by atoms with E-state index >= 15 is 0 Å². The van der Waals surface area contributed by atoms with Gasteiger partial charge in [-0.15, -0.1) is 0 Å². The van der Waals surface area contributed by atoms with Crippen LogP contribution in [0, 0.1) is 0 Å². The van der Waals surface area contributed by atoms with E-state index in [0.29, 0.717) is 11.5 Å². The number of carbonyl (C=O) groups excluding carboxylic acids is 2. The standard InChI is InChI=1S/C12H14O5/c1-3-16-11(13)8-12(14)17-10-6-4-9(15-2)5-7-10/h4-7H,3,8H2,1-2H3. The van der Waals surface area contributed by atoms with Crippen LogP contribution in [0.1, 0.15) is 13.3 Å². The number of carbonyl (C=O) groups is 2. The fraction of sp³-hybridized carbons (Fsp3) is 0.333. The van der Waals surface area contributed by atoms with Crippen LogP contribution in [0.15, 0.2) is 24.3 Å². The van der Waals surface area contributed by atoms with E-state index in [4.69, 9.17) is 9.47 Å². The van der Waals surface area contributed by atoms with E-state index in [9.17, 15) is 9.59 Å². The molecule has 0 unspecified atom stereocenters.